The smallest absolute Gasteiger partial charge is 0.211 e. The lowest BCUT2D eigenvalue weighted by Crippen LogP contribution is -2.54. The van der Waals surface area contributed by atoms with Crippen molar-refractivity contribution < 1.29 is 8.42 Å². The van der Waals surface area contributed by atoms with Crippen molar-refractivity contribution in [1.29, 1.82) is 0 Å². The topological polar surface area (TPSA) is 84.2 Å². The van der Waals surface area contributed by atoms with Crippen molar-refractivity contribution in [3.8, 4) is 0 Å². The summed E-state index contributed by atoms with van der Waals surface area (Å²) in [6.45, 7) is 5.84. The zero-order chi connectivity index (χ0) is 14.2. The number of tetrazole rings is 1. The standard InChI is InChI=1S/C10H20N6O2S/c1-8-7-15(5-6-16(8)19(4,17)18)9(2)10-11-12-13-14(10)3/h8-9H,5-7H2,1-4H3/t8-,9?/m0/s1. The molecule has 1 aliphatic rings. The van der Waals surface area contributed by atoms with Crippen molar-refractivity contribution in [1.82, 2.24) is 29.4 Å². The monoisotopic (exact) mass is 288 g/mol. The predicted molar refractivity (Wildman–Crippen MR) is 69.8 cm³/mol. The van der Waals surface area contributed by atoms with Gasteiger partial charge >= 0.3 is 0 Å². The first-order valence-corrected chi connectivity index (χ1v) is 8.08. The molecule has 0 aliphatic carbocycles. The first-order chi connectivity index (χ1) is 8.80. The molecular weight excluding hydrogens is 268 g/mol. The van der Waals surface area contributed by atoms with Crippen LogP contribution in [-0.4, -0.2) is 69.8 Å². The van der Waals surface area contributed by atoms with E-state index in [2.05, 4.69) is 20.4 Å². The van der Waals surface area contributed by atoms with Crippen LogP contribution in [0.2, 0.25) is 0 Å². The average molecular weight is 288 g/mol. The fraction of sp³-hybridized carbons (Fsp3) is 0.900. The first kappa shape index (κ1) is 14.4. The van der Waals surface area contributed by atoms with E-state index in [0.717, 1.165) is 5.82 Å². The Hall–Kier alpha value is -1.06. The lowest BCUT2D eigenvalue weighted by Gasteiger charge is -2.40. The van der Waals surface area contributed by atoms with Crippen molar-refractivity contribution in [2.24, 2.45) is 7.05 Å². The van der Waals surface area contributed by atoms with Gasteiger partial charge < -0.3 is 0 Å². The van der Waals surface area contributed by atoms with Gasteiger partial charge in [0, 0.05) is 32.7 Å². The van der Waals surface area contributed by atoms with Crippen LogP contribution in [0.4, 0.5) is 0 Å². The summed E-state index contributed by atoms with van der Waals surface area (Å²) >= 11 is 0. The molecule has 1 saturated heterocycles. The fourth-order valence-electron chi connectivity index (χ4n) is 2.57. The van der Waals surface area contributed by atoms with Crippen LogP contribution >= 0.6 is 0 Å². The number of nitrogens with zero attached hydrogens (tertiary/aromatic N) is 6. The van der Waals surface area contributed by atoms with E-state index in [9.17, 15) is 8.42 Å². The van der Waals surface area contributed by atoms with Gasteiger partial charge in [0.2, 0.25) is 10.0 Å². The molecule has 0 radical (unpaired) electrons. The molecule has 0 aromatic carbocycles. The molecule has 0 N–H and O–H groups in total. The quantitative estimate of drug-likeness (QED) is 0.727. The largest absolute Gasteiger partial charge is 0.291 e. The predicted octanol–water partition coefficient (Wildman–Crippen LogP) is -0.763. The molecule has 0 amide bonds. The molecular formula is C10H20N6O2S. The minimum absolute atomic E-state index is 0.0348. The van der Waals surface area contributed by atoms with Gasteiger partial charge in [-0.15, -0.1) is 5.10 Å². The van der Waals surface area contributed by atoms with Crippen LogP contribution in [0.5, 0.6) is 0 Å². The van der Waals surface area contributed by atoms with Gasteiger partial charge in [-0.25, -0.2) is 13.1 Å². The summed E-state index contributed by atoms with van der Waals surface area (Å²) < 4.78 is 26.5. The van der Waals surface area contributed by atoms with Gasteiger partial charge in [-0.05, 0) is 24.3 Å². The summed E-state index contributed by atoms with van der Waals surface area (Å²) in [7, 11) is -1.32. The Morgan fingerprint density at radius 2 is 2.05 bits per heavy atom. The Labute approximate surface area is 113 Å². The minimum atomic E-state index is -3.13. The first-order valence-electron chi connectivity index (χ1n) is 6.24. The van der Waals surface area contributed by atoms with E-state index in [1.54, 1.807) is 8.99 Å². The highest BCUT2D eigenvalue weighted by Crippen LogP contribution is 2.22. The molecule has 19 heavy (non-hydrogen) atoms. The summed E-state index contributed by atoms with van der Waals surface area (Å²) in [6.07, 6.45) is 1.26. The molecule has 1 aromatic rings. The molecule has 2 atom stereocenters. The van der Waals surface area contributed by atoms with Gasteiger partial charge in [0.1, 0.15) is 0 Å². The molecule has 2 rings (SSSR count). The molecule has 0 bridgehead atoms. The third kappa shape index (κ3) is 2.93. The summed E-state index contributed by atoms with van der Waals surface area (Å²) in [5, 5.41) is 11.5. The van der Waals surface area contributed by atoms with Crippen molar-refractivity contribution in [2.45, 2.75) is 25.9 Å². The molecule has 8 nitrogen and oxygen atoms in total. The molecule has 108 valence electrons. The van der Waals surface area contributed by atoms with Crippen LogP contribution < -0.4 is 0 Å². The molecule has 2 heterocycles. The van der Waals surface area contributed by atoms with Crippen LogP contribution in [0.1, 0.15) is 25.7 Å². The van der Waals surface area contributed by atoms with Crippen LogP contribution in [0.3, 0.4) is 0 Å². The van der Waals surface area contributed by atoms with Crippen molar-refractivity contribution in [2.75, 3.05) is 25.9 Å². The Balaban J connectivity index is 2.09. The van der Waals surface area contributed by atoms with E-state index in [4.69, 9.17) is 0 Å². The zero-order valence-corrected chi connectivity index (χ0v) is 12.5. The number of hydrogen-bond donors (Lipinski definition) is 0. The molecule has 1 aliphatic heterocycles. The van der Waals surface area contributed by atoms with Crippen LogP contribution in [0, 0.1) is 0 Å². The number of rotatable bonds is 3. The van der Waals surface area contributed by atoms with Crippen LogP contribution in [-0.2, 0) is 17.1 Å². The second-order valence-electron chi connectivity index (χ2n) is 5.05. The van der Waals surface area contributed by atoms with Crippen molar-refractivity contribution in [3.63, 3.8) is 0 Å². The Kier molecular flexibility index (Phi) is 3.88. The van der Waals surface area contributed by atoms with Crippen molar-refractivity contribution >= 4 is 10.0 Å². The third-order valence-corrected chi connectivity index (χ3v) is 4.99. The Morgan fingerprint density at radius 3 is 2.53 bits per heavy atom. The summed E-state index contributed by atoms with van der Waals surface area (Å²) in [4.78, 5) is 2.21. The summed E-state index contributed by atoms with van der Waals surface area (Å²) in [6, 6.07) is 0.0385. The second kappa shape index (κ2) is 5.14. The van der Waals surface area contributed by atoms with E-state index in [1.807, 2.05) is 20.9 Å². The zero-order valence-electron chi connectivity index (χ0n) is 11.7. The van der Waals surface area contributed by atoms with Crippen LogP contribution in [0.15, 0.2) is 0 Å². The minimum Gasteiger partial charge on any atom is -0.291 e. The van der Waals surface area contributed by atoms with E-state index in [1.165, 1.54) is 6.26 Å². The van der Waals surface area contributed by atoms with Crippen LogP contribution in [0.25, 0.3) is 0 Å². The summed E-state index contributed by atoms with van der Waals surface area (Å²) in [5.74, 6) is 0.792. The maximum absolute atomic E-state index is 11.6. The number of hydrogen-bond acceptors (Lipinski definition) is 6. The molecule has 1 unspecified atom stereocenters. The lowest BCUT2D eigenvalue weighted by atomic mass is 10.1. The van der Waals surface area contributed by atoms with E-state index < -0.39 is 10.0 Å². The Morgan fingerprint density at radius 1 is 1.37 bits per heavy atom. The lowest BCUT2D eigenvalue weighted by molar-refractivity contribution is 0.104. The van der Waals surface area contributed by atoms with Gasteiger partial charge in [-0.2, -0.15) is 4.31 Å². The highest BCUT2D eigenvalue weighted by atomic mass is 32.2. The highest BCUT2D eigenvalue weighted by Gasteiger charge is 2.33. The molecule has 9 heteroatoms. The van der Waals surface area contributed by atoms with Gasteiger partial charge in [0.15, 0.2) is 5.82 Å². The van der Waals surface area contributed by atoms with E-state index in [-0.39, 0.29) is 12.1 Å². The maximum atomic E-state index is 11.6. The SMILES string of the molecule is CC(c1nnnn1C)N1CCN(S(C)(=O)=O)[C@@H](C)C1. The summed E-state index contributed by atoms with van der Waals surface area (Å²) in [5.41, 5.74) is 0. The highest BCUT2D eigenvalue weighted by molar-refractivity contribution is 7.88. The normalized spacial score (nSPS) is 24.5. The number of aryl methyl sites for hydroxylation is 1. The second-order valence-corrected chi connectivity index (χ2v) is 6.99. The van der Waals surface area contributed by atoms with Gasteiger partial charge in [-0.1, -0.05) is 0 Å². The van der Waals surface area contributed by atoms with E-state index >= 15 is 0 Å². The van der Waals surface area contributed by atoms with E-state index in [0.29, 0.717) is 19.6 Å². The average Bonchev–Trinajstić information content (AvgIpc) is 2.72. The van der Waals surface area contributed by atoms with Crippen molar-refractivity contribution in [3.05, 3.63) is 5.82 Å². The van der Waals surface area contributed by atoms with Gasteiger partial charge in [0.25, 0.3) is 0 Å². The molecule has 0 spiro atoms. The number of aromatic nitrogens is 4. The van der Waals surface area contributed by atoms with Gasteiger partial charge in [0.05, 0.1) is 12.3 Å². The molecule has 0 saturated carbocycles. The number of piperazine rings is 1. The Bertz CT molecular complexity index is 542. The molecule has 1 aromatic heterocycles. The van der Waals surface area contributed by atoms with Gasteiger partial charge in [-0.3, -0.25) is 4.90 Å². The molecule has 1 fully saturated rings. The third-order valence-electron chi connectivity index (χ3n) is 3.60. The number of sulfonamides is 1. The maximum Gasteiger partial charge on any atom is 0.211 e. The fourth-order valence-corrected chi connectivity index (χ4v) is 3.70.